The van der Waals surface area contributed by atoms with Crippen LogP contribution in [0.5, 0.6) is 0 Å². The van der Waals surface area contributed by atoms with Crippen LogP contribution in [0.2, 0.25) is 5.02 Å². The highest BCUT2D eigenvalue weighted by Crippen LogP contribution is 2.19. The van der Waals surface area contributed by atoms with Crippen LogP contribution in [-0.2, 0) is 6.54 Å². The predicted octanol–water partition coefficient (Wildman–Crippen LogP) is 1.64. The van der Waals surface area contributed by atoms with E-state index in [-0.39, 0.29) is 17.3 Å². The van der Waals surface area contributed by atoms with Gasteiger partial charge in [0.05, 0.1) is 5.71 Å². The Hall–Kier alpha value is -3.31. The molecule has 1 fully saturated rings. The second-order valence-corrected chi connectivity index (χ2v) is 7.28. The molecule has 1 aliphatic heterocycles. The Morgan fingerprint density at radius 3 is 2.77 bits per heavy atom. The first-order valence-corrected chi connectivity index (χ1v) is 9.77. The van der Waals surface area contributed by atoms with E-state index in [1.807, 2.05) is 18.2 Å². The summed E-state index contributed by atoms with van der Waals surface area (Å²) in [6.45, 7) is 4.10. The highest BCUT2D eigenvalue weighted by Gasteiger charge is 2.27. The number of likely N-dealkylation sites (tertiary alicyclic amines) is 1. The third kappa shape index (κ3) is 4.02. The number of hydrogen-bond acceptors (Lipinski definition) is 9. The number of benzene rings is 1. The zero-order valence-electron chi connectivity index (χ0n) is 16.2. The average molecular weight is 430 g/mol. The Morgan fingerprint density at radius 2 is 2.07 bits per heavy atom. The third-order valence-electron chi connectivity index (χ3n) is 4.81. The number of halogens is 1. The number of aromatic nitrogens is 5. The van der Waals surface area contributed by atoms with Gasteiger partial charge >= 0.3 is 0 Å². The van der Waals surface area contributed by atoms with Gasteiger partial charge in [-0.25, -0.2) is 10.1 Å². The summed E-state index contributed by atoms with van der Waals surface area (Å²) < 4.78 is 5.86. The van der Waals surface area contributed by atoms with Crippen LogP contribution < -0.4 is 11.2 Å². The maximum absolute atomic E-state index is 13.1. The molecule has 3 heterocycles. The molecule has 2 aromatic heterocycles. The van der Waals surface area contributed by atoms with E-state index in [0.29, 0.717) is 28.5 Å². The largest absolute Gasteiger partial charge is 0.378 e. The average Bonchev–Trinajstić information content (AvgIpc) is 3.48. The van der Waals surface area contributed by atoms with E-state index in [1.165, 1.54) is 4.68 Å². The lowest BCUT2D eigenvalue weighted by Gasteiger charge is -2.13. The number of nitrogens with two attached hydrogens (primary N) is 1. The summed E-state index contributed by atoms with van der Waals surface area (Å²) in [7, 11) is 0. The van der Waals surface area contributed by atoms with Crippen molar-refractivity contribution in [2.45, 2.75) is 26.3 Å². The standard InChI is InChI=1S/C18H20ClN9O2/c1-11(12-6-2-3-7-13(12)19)21-23-18(29)15-14(10-27-8-4-5-9-27)22-26-28(15)17-16(20)24-30-25-17/h2-3,6-7H,4-5,8-10H2,1H3,(H2,20,24)(H,23,29). The molecular weight excluding hydrogens is 410 g/mol. The fourth-order valence-electron chi connectivity index (χ4n) is 3.29. The fraction of sp³-hybridized carbons (Fsp3) is 0.333. The van der Waals surface area contributed by atoms with Gasteiger partial charge in [-0.05, 0) is 49.2 Å². The smallest absolute Gasteiger partial charge is 0.292 e. The molecule has 11 nitrogen and oxygen atoms in total. The van der Waals surface area contributed by atoms with Crippen LogP contribution in [0.25, 0.3) is 5.82 Å². The van der Waals surface area contributed by atoms with Crippen molar-refractivity contribution < 1.29 is 9.42 Å². The fourth-order valence-corrected chi connectivity index (χ4v) is 3.56. The van der Waals surface area contributed by atoms with Crippen molar-refractivity contribution in [1.29, 1.82) is 0 Å². The number of hydrazone groups is 1. The Bertz CT molecular complexity index is 1090. The molecular formula is C18H20ClN9O2. The Kier molecular flexibility index (Phi) is 5.72. The molecule has 0 atom stereocenters. The van der Waals surface area contributed by atoms with Crippen LogP contribution in [0.3, 0.4) is 0 Å². The molecule has 0 unspecified atom stereocenters. The summed E-state index contributed by atoms with van der Waals surface area (Å²) in [4.78, 5) is 15.3. The normalized spacial score (nSPS) is 14.9. The van der Waals surface area contributed by atoms with Gasteiger partial charge in [0.25, 0.3) is 5.91 Å². The monoisotopic (exact) mass is 429 g/mol. The molecule has 12 heteroatoms. The van der Waals surface area contributed by atoms with E-state index in [2.05, 4.69) is 40.7 Å². The van der Waals surface area contributed by atoms with Gasteiger partial charge in [0, 0.05) is 17.1 Å². The Labute approximate surface area is 176 Å². The van der Waals surface area contributed by atoms with E-state index in [1.54, 1.807) is 13.0 Å². The summed E-state index contributed by atoms with van der Waals surface area (Å²) in [5, 5.41) is 20.2. The summed E-state index contributed by atoms with van der Waals surface area (Å²) in [5.41, 5.74) is 10.3. The van der Waals surface area contributed by atoms with Crippen molar-refractivity contribution in [3.05, 3.63) is 46.2 Å². The van der Waals surface area contributed by atoms with Gasteiger partial charge in [-0.2, -0.15) is 9.78 Å². The highest BCUT2D eigenvalue weighted by molar-refractivity contribution is 6.34. The lowest BCUT2D eigenvalue weighted by Crippen LogP contribution is -2.26. The molecule has 0 aliphatic carbocycles. The van der Waals surface area contributed by atoms with E-state index in [9.17, 15) is 4.79 Å². The van der Waals surface area contributed by atoms with Crippen molar-refractivity contribution in [2.75, 3.05) is 18.8 Å². The number of hydrogen-bond donors (Lipinski definition) is 2. The summed E-state index contributed by atoms with van der Waals surface area (Å²) >= 11 is 6.20. The first-order chi connectivity index (χ1) is 14.5. The van der Waals surface area contributed by atoms with Crippen LogP contribution in [0.4, 0.5) is 5.82 Å². The molecule has 3 N–H and O–H groups in total. The lowest BCUT2D eigenvalue weighted by molar-refractivity contribution is 0.0945. The second-order valence-electron chi connectivity index (χ2n) is 6.87. The van der Waals surface area contributed by atoms with E-state index < -0.39 is 5.91 Å². The third-order valence-corrected chi connectivity index (χ3v) is 5.14. The van der Waals surface area contributed by atoms with Crippen LogP contribution in [0, 0.1) is 0 Å². The molecule has 1 amide bonds. The van der Waals surface area contributed by atoms with E-state index in [4.69, 9.17) is 17.3 Å². The van der Waals surface area contributed by atoms with Gasteiger partial charge in [-0.15, -0.1) is 5.10 Å². The molecule has 4 rings (SSSR count). The van der Waals surface area contributed by atoms with Crippen LogP contribution in [-0.4, -0.2) is 54.9 Å². The van der Waals surface area contributed by atoms with Gasteiger partial charge in [0.2, 0.25) is 11.6 Å². The van der Waals surface area contributed by atoms with Crippen molar-refractivity contribution >= 4 is 29.0 Å². The zero-order chi connectivity index (χ0) is 21.1. The van der Waals surface area contributed by atoms with Crippen molar-refractivity contribution in [3.8, 4) is 5.82 Å². The number of amides is 1. The van der Waals surface area contributed by atoms with Gasteiger partial charge in [0.1, 0.15) is 5.69 Å². The summed E-state index contributed by atoms with van der Waals surface area (Å²) in [6.07, 6.45) is 2.22. The minimum atomic E-state index is -0.511. The Morgan fingerprint density at radius 1 is 1.30 bits per heavy atom. The van der Waals surface area contributed by atoms with Crippen molar-refractivity contribution in [2.24, 2.45) is 5.10 Å². The topological polar surface area (TPSA) is 140 Å². The molecule has 0 radical (unpaired) electrons. The molecule has 156 valence electrons. The summed E-state index contributed by atoms with van der Waals surface area (Å²) in [5.74, 6) is -0.424. The number of carbonyl (C=O) groups excluding carboxylic acids is 1. The first-order valence-electron chi connectivity index (χ1n) is 9.39. The molecule has 0 spiro atoms. The molecule has 0 bridgehead atoms. The molecule has 30 heavy (non-hydrogen) atoms. The van der Waals surface area contributed by atoms with Crippen molar-refractivity contribution in [3.63, 3.8) is 0 Å². The molecule has 1 saturated heterocycles. The number of nitrogens with zero attached hydrogens (tertiary/aromatic N) is 7. The van der Waals surface area contributed by atoms with E-state index >= 15 is 0 Å². The van der Waals surface area contributed by atoms with E-state index in [0.717, 1.165) is 25.9 Å². The molecule has 1 aromatic carbocycles. The number of carbonyl (C=O) groups is 1. The minimum absolute atomic E-state index is 0.00239. The quantitative estimate of drug-likeness (QED) is 0.445. The van der Waals surface area contributed by atoms with Gasteiger partial charge in [-0.3, -0.25) is 9.69 Å². The maximum atomic E-state index is 13.1. The van der Waals surface area contributed by atoms with Crippen LogP contribution in [0.1, 0.15) is 41.5 Å². The summed E-state index contributed by atoms with van der Waals surface area (Å²) in [6, 6.07) is 7.24. The molecule has 3 aromatic rings. The maximum Gasteiger partial charge on any atom is 0.292 e. The number of nitrogens with one attached hydrogen (secondary N) is 1. The van der Waals surface area contributed by atoms with Gasteiger partial charge < -0.3 is 5.73 Å². The van der Waals surface area contributed by atoms with Gasteiger partial charge in [-0.1, -0.05) is 35.0 Å². The molecule has 0 saturated carbocycles. The number of rotatable bonds is 6. The van der Waals surface area contributed by atoms with Crippen LogP contribution >= 0.6 is 11.6 Å². The SMILES string of the molecule is CC(=NNC(=O)c1c(CN2CCCC2)nnn1-c1nonc1N)c1ccccc1Cl. The minimum Gasteiger partial charge on any atom is -0.378 e. The second kappa shape index (κ2) is 8.59. The molecule has 1 aliphatic rings. The zero-order valence-corrected chi connectivity index (χ0v) is 17.0. The predicted molar refractivity (Wildman–Crippen MR) is 109 cm³/mol. The van der Waals surface area contributed by atoms with Crippen molar-refractivity contribution in [1.82, 2.24) is 35.6 Å². The lowest BCUT2D eigenvalue weighted by atomic mass is 10.1. The number of nitrogen functional groups attached to an aromatic ring is 1. The number of anilines is 1. The first kappa shape index (κ1) is 20.0. The van der Waals surface area contributed by atoms with Crippen LogP contribution in [0.15, 0.2) is 34.0 Å². The van der Waals surface area contributed by atoms with Gasteiger partial charge in [0.15, 0.2) is 5.69 Å². The Balaban J connectivity index is 1.64. The highest BCUT2D eigenvalue weighted by atomic mass is 35.5.